The minimum absolute atomic E-state index is 0.165. The van der Waals surface area contributed by atoms with Crippen molar-refractivity contribution in [2.24, 2.45) is 0 Å². The quantitative estimate of drug-likeness (QED) is 0.746. The first-order chi connectivity index (χ1) is 9.56. The van der Waals surface area contributed by atoms with Crippen LogP contribution in [0, 0.1) is 6.92 Å². The number of hydrogen-bond acceptors (Lipinski definition) is 3. The molecular formula is C16H18N2O2. The van der Waals surface area contributed by atoms with Crippen molar-refractivity contribution in [1.82, 2.24) is 5.32 Å². The van der Waals surface area contributed by atoms with Gasteiger partial charge in [-0.1, -0.05) is 18.2 Å². The van der Waals surface area contributed by atoms with Crippen LogP contribution in [-0.4, -0.2) is 17.6 Å². The Hall–Kier alpha value is -2.49. The number of amides is 1. The van der Waals surface area contributed by atoms with Gasteiger partial charge < -0.3 is 16.2 Å². The third-order valence-corrected chi connectivity index (χ3v) is 3.09. The van der Waals surface area contributed by atoms with Crippen LogP contribution in [0.25, 0.3) is 0 Å². The molecule has 0 aliphatic rings. The van der Waals surface area contributed by atoms with Crippen LogP contribution >= 0.6 is 0 Å². The van der Waals surface area contributed by atoms with Crippen LogP contribution in [0.1, 0.15) is 21.5 Å². The lowest BCUT2D eigenvalue weighted by Gasteiger charge is -2.08. The number of nitrogen functional groups attached to an aromatic ring is 1. The van der Waals surface area contributed by atoms with Gasteiger partial charge >= 0.3 is 0 Å². The number of nitrogens with one attached hydrogen (secondary N) is 1. The summed E-state index contributed by atoms with van der Waals surface area (Å²) in [6, 6.07) is 12.3. The van der Waals surface area contributed by atoms with Crippen molar-refractivity contribution in [1.29, 1.82) is 0 Å². The minimum Gasteiger partial charge on any atom is -0.508 e. The van der Waals surface area contributed by atoms with Gasteiger partial charge in [-0.15, -0.1) is 0 Å². The Morgan fingerprint density at radius 2 is 1.90 bits per heavy atom. The third-order valence-electron chi connectivity index (χ3n) is 3.09. The summed E-state index contributed by atoms with van der Waals surface area (Å²) >= 11 is 0. The van der Waals surface area contributed by atoms with Gasteiger partial charge in [-0.05, 0) is 48.7 Å². The maximum absolute atomic E-state index is 12.0. The van der Waals surface area contributed by atoms with E-state index in [4.69, 9.17) is 5.73 Å². The van der Waals surface area contributed by atoms with E-state index in [1.807, 2.05) is 25.1 Å². The molecule has 0 heterocycles. The van der Waals surface area contributed by atoms with Crippen molar-refractivity contribution in [3.8, 4) is 5.75 Å². The van der Waals surface area contributed by atoms with Gasteiger partial charge in [0.1, 0.15) is 5.75 Å². The van der Waals surface area contributed by atoms with Crippen molar-refractivity contribution in [3.05, 3.63) is 59.2 Å². The normalized spacial score (nSPS) is 10.2. The molecule has 0 aliphatic heterocycles. The zero-order valence-corrected chi connectivity index (χ0v) is 11.4. The summed E-state index contributed by atoms with van der Waals surface area (Å²) in [6.45, 7) is 2.46. The van der Waals surface area contributed by atoms with E-state index in [0.29, 0.717) is 24.2 Å². The lowest BCUT2D eigenvalue weighted by Crippen LogP contribution is -2.26. The molecule has 2 aromatic rings. The highest BCUT2D eigenvalue weighted by molar-refractivity contribution is 5.99. The molecule has 0 atom stereocenters. The number of phenols is 1. The summed E-state index contributed by atoms with van der Waals surface area (Å²) in [7, 11) is 0. The maximum atomic E-state index is 12.0. The van der Waals surface area contributed by atoms with E-state index in [-0.39, 0.29) is 11.7 Å². The first-order valence-electron chi connectivity index (χ1n) is 6.48. The number of rotatable bonds is 4. The molecule has 0 aliphatic carbocycles. The molecule has 0 radical (unpaired) electrons. The molecule has 0 aromatic heterocycles. The van der Waals surface area contributed by atoms with Crippen molar-refractivity contribution in [3.63, 3.8) is 0 Å². The van der Waals surface area contributed by atoms with Crippen LogP contribution in [0.4, 0.5) is 5.69 Å². The van der Waals surface area contributed by atoms with Gasteiger partial charge in [0.2, 0.25) is 0 Å². The van der Waals surface area contributed by atoms with Crippen molar-refractivity contribution in [2.75, 3.05) is 12.3 Å². The Morgan fingerprint density at radius 3 is 2.55 bits per heavy atom. The zero-order chi connectivity index (χ0) is 14.5. The van der Waals surface area contributed by atoms with Crippen LogP contribution in [-0.2, 0) is 6.42 Å². The molecular weight excluding hydrogens is 252 g/mol. The van der Waals surface area contributed by atoms with Crippen molar-refractivity contribution >= 4 is 11.6 Å². The van der Waals surface area contributed by atoms with Crippen LogP contribution in [0.3, 0.4) is 0 Å². The van der Waals surface area contributed by atoms with Crippen LogP contribution in [0.5, 0.6) is 5.75 Å². The number of anilines is 1. The number of nitrogens with two attached hydrogens (primary N) is 1. The van der Waals surface area contributed by atoms with E-state index in [1.54, 1.807) is 24.3 Å². The summed E-state index contributed by atoms with van der Waals surface area (Å²) in [5, 5.41) is 12.0. The minimum atomic E-state index is -0.165. The second-order valence-corrected chi connectivity index (χ2v) is 4.76. The van der Waals surface area contributed by atoms with Crippen LogP contribution in [0.2, 0.25) is 0 Å². The fraction of sp³-hybridized carbons (Fsp3) is 0.188. The number of phenolic OH excluding ortho intramolecular Hbond substituents is 1. The van der Waals surface area contributed by atoms with Gasteiger partial charge in [-0.2, -0.15) is 0 Å². The largest absolute Gasteiger partial charge is 0.508 e. The summed E-state index contributed by atoms with van der Waals surface area (Å²) in [5.41, 5.74) is 8.91. The van der Waals surface area contributed by atoms with Gasteiger partial charge in [0.15, 0.2) is 0 Å². The zero-order valence-electron chi connectivity index (χ0n) is 11.4. The summed E-state index contributed by atoms with van der Waals surface area (Å²) in [4.78, 5) is 12.0. The Balaban J connectivity index is 1.90. The van der Waals surface area contributed by atoms with Crippen LogP contribution in [0.15, 0.2) is 42.5 Å². The van der Waals surface area contributed by atoms with E-state index < -0.39 is 0 Å². The third kappa shape index (κ3) is 3.51. The van der Waals surface area contributed by atoms with Crippen molar-refractivity contribution < 1.29 is 9.90 Å². The topological polar surface area (TPSA) is 75.3 Å². The maximum Gasteiger partial charge on any atom is 0.253 e. The second-order valence-electron chi connectivity index (χ2n) is 4.76. The van der Waals surface area contributed by atoms with E-state index in [1.165, 1.54) is 0 Å². The van der Waals surface area contributed by atoms with E-state index in [0.717, 1.165) is 11.1 Å². The number of carbonyl (C=O) groups is 1. The number of aromatic hydroxyl groups is 1. The standard InChI is InChI=1S/C16H18N2O2/c1-11-2-7-14(15(17)10-11)16(20)18-9-8-12-3-5-13(19)6-4-12/h2-7,10,19H,8-9,17H2,1H3,(H,18,20). The first kappa shape index (κ1) is 13.9. The molecule has 4 heteroatoms. The second kappa shape index (κ2) is 6.10. The Bertz CT molecular complexity index is 606. The monoisotopic (exact) mass is 270 g/mol. The number of carbonyl (C=O) groups excluding carboxylic acids is 1. The number of hydrogen-bond donors (Lipinski definition) is 3. The van der Waals surface area contributed by atoms with E-state index in [9.17, 15) is 9.90 Å². The molecule has 104 valence electrons. The Morgan fingerprint density at radius 1 is 1.20 bits per heavy atom. The number of aryl methyl sites for hydroxylation is 1. The van der Waals surface area contributed by atoms with Gasteiger partial charge in [-0.25, -0.2) is 0 Å². The van der Waals surface area contributed by atoms with Gasteiger partial charge in [-0.3, -0.25) is 4.79 Å². The summed E-state index contributed by atoms with van der Waals surface area (Å²) in [6.07, 6.45) is 0.706. The molecule has 2 rings (SSSR count). The molecule has 0 unspecified atom stereocenters. The molecule has 4 N–H and O–H groups in total. The SMILES string of the molecule is Cc1ccc(C(=O)NCCc2ccc(O)cc2)c(N)c1. The fourth-order valence-electron chi connectivity index (χ4n) is 1.97. The molecule has 2 aromatic carbocycles. The highest BCUT2D eigenvalue weighted by Gasteiger charge is 2.08. The molecule has 0 spiro atoms. The first-order valence-corrected chi connectivity index (χ1v) is 6.48. The summed E-state index contributed by atoms with van der Waals surface area (Å²) in [5.74, 6) is 0.0755. The highest BCUT2D eigenvalue weighted by Crippen LogP contribution is 2.13. The highest BCUT2D eigenvalue weighted by atomic mass is 16.3. The average molecular weight is 270 g/mol. The molecule has 0 fully saturated rings. The summed E-state index contributed by atoms with van der Waals surface area (Å²) < 4.78 is 0. The molecule has 1 amide bonds. The van der Waals surface area contributed by atoms with Gasteiger partial charge in [0, 0.05) is 12.2 Å². The van der Waals surface area contributed by atoms with Gasteiger partial charge in [0.05, 0.1) is 5.56 Å². The fourth-order valence-corrected chi connectivity index (χ4v) is 1.97. The Labute approximate surface area is 118 Å². The molecule has 4 nitrogen and oxygen atoms in total. The molecule has 0 saturated carbocycles. The van der Waals surface area contributed by atoms with E-state index in [2.05, 4.69) is 5.32 Å². The molecule has 20 heavy (non-hydrogen) atoms. The average Bonchev–Trinajstić information content (AvgIpc) is 2.41. The predicted octanol–water partition coefficient (Wildman–Crippen LogP) is 2.26. The van der Waals surface area contributed by atoms with Crippen LogP contribution < -0.4 is 11.1 Å². The van der Waals surface area contributed by atoms with Crippen molar-refractivity contribution in [2.45, 2.75) is 13.3 Å². The number of benzene rings is 2. The molecule has 0 bridgehead atoms. The molecule has 0 saturated heterocycles. The van der Waals surface area contributed by atoms with E-state index >= 15 is 0 Å². The predicted molar refractivity (Wildman–Crippen MR) is 79.7 cm³/mol. The lowest BCUT2D eigenvalue weighted by atomic mass is 10.1. The Kier molecular flexibility index (Phi) is 4.25. The van der Waals surface area contributed by atoms with Gasteiger partial charge in [0.25, 0.3) is 5.91 Å². The lowest BCUT2D eigenvalue weighted by molar-refractivity contribution is 0.0955. The smallest absolute Gasteiger partial charge is 0.253 e.